The molecule has 4 atom stereocenters. The molecule has 0 unspecified atom stereocenters. The first-order chi connectivity index (χ1) is 13.1. The van der Waals surface area contributed by atoms with Crippen molar-refractivity contribution in [2.75, 3.05) is 6.54 Å². The lowest BCUT2D eigenvalue weighted by Gasteiger charge is -2.31. The first kappa shape index (κ1) is 18.3. The molecule has 1 amide bonds. The fourth-order valence-electron chi connectivity index (χ4n) is 4.59. The SMILES string of the molecule is Cc1ccccc1[C@@H]1C[C@@H]1C(=O)N1CCCCC[C@H]1C[C@@H](O)c1ccco1. The Hall–Kier alpha value is -2.07. The Kier molecular flexibility index (Phi) is 5.35. The van der Waals surface area contributed by atoms with E-state index in [1.807, 2.05) is 6.07 Å². The van der Waals surface area contributed by atoms with Crippen LogP contribution in [-0.4, -0.2) is 28.5 Å². The Labute approximate surface area is 161 Å². The average Bonchev–Trinajstić information content (AvgIpc) is 3.33. The highest BCUT2D eigenvalue weighted by atomic mass is 16.4. The Morgan fingerprint density at radius 2 is 2.07 bits per heavy atom. The topological polar surface area (TPSA) is 53.7 Å². The van der Waals surface area contributed by atoms with E-state index in [9.17, 15) is 9.90 Å². The maximum Gasteiger partial charge on any atom is 0.226 e. The van der Waals surface area contributed by atoms with E-state index in [1.165, 1.54) is 11.1 Å². The summed E-state index contributed by atoms with van der Waals surface area (Å²) in [5.74, 6) is 1.34. The van der Waals surface area contributed by atoms with Gasteiger partial charge in [-0.3, -0.25) is 4.79 Å². The van der Waals surface area contributed by atoms with E-state index in [2.05, 4.69) is 36.1 Å². The third-order valence-electron chi connectivity index (χ3n) is 6.22. The molecule has 0 radical (unpaired) electrons. The number of aryl methyl sites for hydroxylation is 1. The largest absolute Gasteiger partial charge is 0.467 e. The van der Waals surface area contributed by atoms with Crippen molar-refractivity contribution in [1.82, 2.24) is 4.90 Å². The number of amides is 1. The zero-order valence-corrected chi connectivity index (χ0v) is 16.0. The minimum absolute atomic E-state index is 0.0956. The van der Waals surface area contributed by atoms with Gasteiger partial charge < -0.3 is 14.4 Å². The first-order valence-electron chi connectivity index (χ1n) is 10.2. The van der Waals surface area contributed by atoms with Crippen molar-refractivity contribution >= 4 is 5.91 Å². The quantitative estimate of drug-likeness (QED) is 0.841. The van der Waals surface area contributed by atoms with E-state index in [4.69, 9.17) is 4.42 Å². The van der Waals surface area contributed by atoms with Crippen LogP contribution in [0.5, 0.6) is 0 Å². The third-order valence-corrected chi connectivity index (χ3v) is 6.22. The Balaban J connectivity index is 1.46. The van der Waals surface area contributed by atoms with Crippen molar-refractivity contribution in [3.63, 3.8) is 0 Å². The molecule has 0 bridgehead atoms. The normalized spacial score (nSPS) is 26.4. The van der Waals surface area contributed by atoms with Gasteiger partial charge in [-0.2, -0.15) is 0 Å². The predicted molar refractivity (Wildman–Crippen MR) is 104 cm³/mol. The van der Waals surface area contributed by atoms with Gasteiger partial charge in [-0.05, 0) is 55.4 Å². The molecular formula is C23H29NO3. The van der Waals surface area contributed by atoms with Crippen LogP contribution in [0.4, 0.5) is 0 Å². The Bertz CT molecular complexity index is 770. The molecule has 4 heteroatoms. The number of aliphatic hydroxyl groups is 1. The highest BCUT2D eigenvalue weighted by Crippen LogP contribution is 2.50. The molecule has 1 aromatic heterocycles. The molecule has 2 fully saturated rings. The van der Waals surface area contributed by atoms with E-state index in [1.54, 1.807) is 12.3 Å². The minimum Gasteiger partial charge on any atom is -0.467 e. The van der Waals surface area contributed by atoms with Crippen molar-refractivity contribution in [2.45, 2.75) is 63.5 Å². The summed E-state index contributed by atoms with van der Waals surface area (Å²) >= 11 is 0. The number of nitrogens with zero attached hydrogens (tertiary/aromatic N) is 1. The van der Waals surface area contributed by atoms with Crippen LogP contribution in [0.2, 0.25) is 0 Å². The monoisotopic (exact) mass is 367 g/mol. The van der Waals surface area contributed by atoms with Gasteiger partial charge in [0.1, 0.15) is 11.9 Å². The number of likely N-dealkylation sites (tertiary alicyclic amines) is 1. The molecule has 1 aliphatic heterocycles. The van der Waals surface area contributed by atoms with E-state index >= 15 is 0 Å². The number of hydrogen-bond acceptors (Lipinski definition) is 3. The maximum atomic E-state index is 13.3. The number of carbonyl (C=O) groups is 1. The molecule has 4 nitrogen and oxygen atoms in total. The molecule has 27 heavy (non-hydrogen) atoms. The molecule has 2 heterocycles. The minimum atomic E-state index is -0.648. The van der Waals surface area contributed by atoms with Crippen LogP contribution in [-0.2, 0) is 4.79 Å². The van der Waals surface area contributed by atoms with Crippen molar-refractivity contribution in [2.24, 2.45) is 5.92 Å². The summed E-state index contributed by atoms with van der Waals surface area (Å²) < 4.78 is 5.36. The van der Waals surface area contributed by atoms with E-state index < -0.39 is 6.10 Å². The number of rotatable bonds is 5. The average molecular weight is 367 g/mol. The number of benzene rings is 1. The van der Waals surface area contributed by atoms with Crippen LogP contribution in [0.3, 0.4) is 0 Å². The smallest absolute Gasteiger partial charge is 0.226 e. The van der Waals surface area contributed by atoms with Gasteiger partial charge in [0.05, 0.1) is 6.26 Å². The molecule has 0 spiro atoms. The summed E-state index contributed by atoms with van der Waals surface area (Å²) in [5.41, 5.74) is 2.59. The lowest BCUT2D eigenvalue weighted by Crippen LogP contribution is -2.42. The summed E-state index contributed by atoms with van der Waals surface area (Å²) in [5, 5.41) is 10.5. The number of furan rings is 1. The molecule has 144 valence electrons. The predicted octanol–water partition coefficient (Wildman–Crippen LogP) is 4.59. The highest BCUT2D eigenvalue weighted by Gasteiger charge is 2.47. The van der Waals surface area contributed by atoms with Gasteiger partial charge in [0, 0.05) is 24.9 Å². The molecule has 1 saturated carbocycles. The van der Waals surface area contributed by atoms with Gasteiger partial charge in [0.25, 0.3) is 0 Å². The van der Waals surface area contributed by atoms with Gasteiger partial charge in [0.15, 0.2) is 0 Å². The summed E-state index contributed by atoms with van der Waals surface area (Å²) in [4.78, 5) is 15.4. The van der Waals surface area contributed by atoms with Gasteiger partial charge >= 0.3 is 0 Å². The summed E-state index contributed by atoms with van der Waals surface area (Å²) in [6, 6.07) is 12.1. The Morgan fingerprint density at radius 1 is 1.22 bits per heavy atom. The van der Waals surface area contributed by atoms with Crippen LogP contribution in [0.25, 0.3) is 0 Å². The summed E-state index contributed by atoms with van der Waals surface area (Å²) in [6.45, 7) is 2.94. The van der Waals surface area contributed by atoms with E-state index in [0.717, 1.165) is 38.6 Å². The van der Waals surface area contributed by atoms with Gasteiger partial charge in [-0.25, -0.2) is 0 Å². The standard InChI is InChI=1S/C23H29NO3/c1-16-8-4-5-10-18(16)19-15-20(19)23(26)24-12-6-2-3-9-17(24)14-21(25)22-11-7-13-27-22/h4-5,7-8,10-11,13,17,19-21,25H,2-3,6,9,12,14-15H2,1H3/t17-,19-,20-,21+/m0/s1. The van der Waals surface area contributed by atoms with Crippen LogP contribution in [0.15, 0.2) is 47.1 Å². The van der Waals surface area contributed by atoms with Gasteiger partial charge in [-0.15, -0.1) is 0 Å². The van der Waals surface area contributed by atoms with Gasteiger partial charge in [0.2, 0.25) is 5.91 Å². The van der Waals surface area contributed by atoms with E-state index in [0.29, 0.717) is 18.1 Å². The molecule has 1 saturated heterocycles. The van der Waals surface area contributed by atoms with Gasteiger partial charge in [-0.1, -0.05) is 37.1 Å². The zero-order valence-electron chi connectivity index (χ0n) is 16.0. The highest BCUT2D eigenvalue weighted by molar-refractivity contribution is 5.83. The molecule has 4 rings (SSSR count). The fourth-order valence-corrected chi connectivity index (χ4v) is 4.59. The molecule has 1 aromatic carbocycles. The van der Waals surface area contributed by atoms with Crippen molar-refractivity contribution in [3.05, 3.63) is 59.5 Å². The second-order valence-corrected chi connectivity index (χ2v) is 8.11. The van der Waals surface area contributed by atoms with Crippen LogP contribution >= 0.6 is 0 Å². The van der Waals surface area contributed by atoms with Crippen molar-refractivity contribution < 1.29 is 14.3 Å². The molecular weight excluding hydrogens is 338 g/mol. The second-order valence-electron chi connectivity index (χ2n) is 8.11. The van der Waals surface area contributed by atoms with Crippen molar-refractivity contribution in [3.8, 4) is 0 Å². The molecule has 1 aliphatic carbocycles. The van der Waals surface area contributed by atoms with Crippen LogP contribution in [0.1, 0.15) is 67.4 Å². The lowest BCUT2D eigenvalue weighted by atomic mass is 10.00. The van der Waals surface area contributed by atoms with E-state index in [-0.39, 0.29) is 17.9 Å². The zero-order chi connectivity index (χ0) is 18.8. The molecule has 2 aromatic rings. The summed E-state index contributed by atoms with van der Waals surface area (Å²) in [6.07, 6.45) is 6.74. The lowest BCUT2D eigenvalue weighted by molar-refractivity contribution is -0.135. The van der Waals surface area contributed by atoms with Crippen LogP contribution in [0, 0.1) is 12.8 Å². The first-order valence-corrected chi connectivity index (χ1v) is 10.2. The molecule has 2 aliphatic rings. The Morgan fingerprint density at radius 3 is 2.85 bits per heavy atom. The van der Waals surface area contributed by atoms with Crippen molar-refractivity contribution in [1.29, 1.82) is 0 Å². The van der Waals surface area contributed by atoms with Crippen LogP contribution < -0.4 is 0 Å². The maximum absolute atomic E-state index is 13.3. The third kappa shape index (κ3) is 3.96. The molecule has 1 N–H and O–H groups in total. The number of carbonyl (C=O) groups excluding carboxylic acids is 1. The number of hydrogen-bond donors (Lipinski definition) is 1. The second kappa shape index (κ2) is 7.89. The fraction of sp³-hybridized carbons (Fsp3) is 0.522. The summed E-state index contributed by atoms with van der Waals surface area (Å²) in [7, 11) is 0. The number of aliphatic hydroxyl groups excluding tert-OH is 1.